The van der Waals surface area contributed by atoms with Gasteiger partial charge in [-0.3, -0.25) is 0 Å². The number of nitrogens with zero attached hydrogens (tertiary/aromatic N) is 1. The Bertz CT molecular complexity index is 295. The second-order valence-electron chi connectivity index (χ2n) is 5.85. The molecule has 4 nitrogen and oxygen atoms in total. The molecule has 0 spiro atoms. The smallest absolute Gasteiger partial charge is 0.0642 e. The molecule has 2 N–H and O–H groups in total. The molecule has 19 heavy (non-hydrogen) atoms. The first-order valence-corrected chi connectivity index (χ1v) is 7.26. The molecule has 0 aromatic heterocycles. The van der Waals surface area contributed by atoms with E-state index < -0.39 is 0 Å². The summed E-state index contributed by atoms with van der Waals surface area (Å²) >= 11 is 0. The molecule has 1 fully saturated rings. The van der Waals surface area contributed by atoms with Gasteiger partial charge in [-0.1, -0.05) is 5.57 Å². The molecule has 0 saturated carbocycles. The van der Waals surface area contributed by atoms with Crippen molar-refractivity contribution in [2.24, 2.45) is 5.73 Å². The third-order valence-electron chi connectivity index (χ3n) is 3.96. The van der Waals surface area contributed by atoms with E-state index in [1.54, 1.807) is 7.11 Å². The van der Waals surface area contributed by atoms with Crippen molar-refractivity contribution in [3.05, 3.63) is 11.3 Å². The highest BCUT2D eigenvalue weighted by Gasteiger charge is 2.17. The maximum Gasteiger partial charge on any atom is 0.0642 e. The fraction of sp³-hybridized carbons (Fsp3) is 0.867. The lowest BCUT2D eigenvalue weighted by Gasteiger charge is -2.32. The van der Waals surface area contributed by atoms with Crippen LogP contribution in [0.25, 0.3) is 0 Å². The summed E-state index contributed by atoms with van der Waals surface area (Å²) in [5.41, 5.74) is 8.61. The summed E-state index contributed by atoms with van der Waals surface area (Å²) in [7, 11) is 1.78. The third-order valence-corrected chi connectivity index (χ3v) is 3.96. The number of ether oxygens (including phenoxy) is 2. The maximum atomic E-state index is 5.92. The highest BCUT2D eigenvalue weighted by atomic mass is 16.5. The Balaban J connectivity index is 2.50. The van der Waals surface area contributed by atoms with Gasteiger partial charge in [0.1, 0.15) is 0 Å². The summed E-state index contributed by atoms with van der Waals surface area (Å²) in [6.45, 7) is 10.7. The van der Waals surface area contributed by atoms with E-state index in [1.165, 1.54) is 11.3 Å². The van der Waals surface area contributed by atoms with Crippen LogP contribution in [0.2, 0.25) is 0 Å². The Kier molecular flexibility index (Phi) is 6.83. The van der Waals surface area contributed by atoms with Gasteiger partial charge in [0.15, 0.2) is 0 Å². The van der Waals surface area contributed by atoms with E-state index >= 15 is 0 Å². The van der Waals surface area contributed by atoms with Crippen molar-refractivity contribution in [2.45, 2.75) is 45.6 Å². The lowest BCUT2D eigenvalue weighted by atomic mass is 9.98. The van der Waals surface area contributed by atoms with E-state index in [4.69, 9.17) is 15.2 Å². The third kappa shape index (κ3) is 5.51. The molecule has 0 aromatic rings. The molecule has 112 valence electrons. The SMILES string of the molecule is COC(C)(C)CCC/C(C)=C(/CN)N1CCOCC1. The fourth-order valence-corrected chi connectivity index (χ4v) is 2.43. The van der Waals surface area contributed by atoms with Crippen molar-refractivity contribution in [3.8, 4) is 0 Å². The highest BCUT2D eigenvalue weighted by molar-refractivity contribution is 5.13. The van der Waals surface area contributed by atoms with Gasteiger partial charge < -0.3 is 20.1 Å². The van der Waals surface area contributed by atoms with Crippen LogP contribution in [0.5, 0.6) is 0 Å². The fourth-order valence-electron chi connectivity index (χ4n) is 2.43. The maximum absolute atomic E-state index is 5.92. The summed E-state index contributed by atoms with van der Waals surface area (Å²) in [5, 5.41) is 0. The first-order chi connectivity index (χ1) is 9.00. The molecule has 0 radical (unpaired) electrons. The minimum atomic E-state index is -0.0257. The lowest BCUT2D eigenvalue weighted by Crippen LogP contribution is -2.38. The van der Waals surface area contributed by atoms with E-state index in [1.807, 2.05) is 0 Å². The second-order valence-corrected chi connectivity index (χ2v) is 5.85. The van der Waals surface area contributed by atoms with Crippen molar-refractivity contribution in [1.29, 1.82) is 0 Å². The Labute approximate surface area is 117 Å². The summed E-state index contributed by atoms with van der Waals surface area (Å²) in [4.78, 5) is 2.38. The van der Waals surface area contributed by atoms with Gasteiger partial charge >= 0.3 is 0 Å². The highest BCUT2D eigenvalue weighted by Crippen LogP contribution is 2.21. The molecule has 1 aliphatic heterocycles. The molecule has 0 aromatic carbocycles. The first kappa shape index (κ1) is 16.5. The molecule has 1 saturated heterocycles. The van der Waals surface area contributed by atoms with Crippen LogP contribution in [0, 0.1) is 0 Å². The Morgan fingerprint density at radius 2 is 1.95 bits per heavy atom. The van der Waals surface area contributed by atoms with Crippen LogP contribution in [0.1, 0.15) is 40.0 Å². The number of hydrogen-bond acceptors (Lipinski definition) is 4. The molecule has 0 bridgehead atoms. The number of hydrogen-bond donors (Lipinski definition) is 1. The molecule has 0 aliphatic carbocycles. The number of morpholine rings is 1. The van der Waals surface area contributed by atoms with Gasteiger partial charge in [0.05, 0.1) is 18.8 Å². The van der Waals surface area contributed by atoms with Crippen molar-refractivity contribution in [1.82, 2.24) is 4.90 Å². The van der Waals surface area contributed by atoms with Crippen LogP contribution >= 0.6 is 0 Å². The van der Waals surface area contributed by atoms with Crippen LogP contribution in [0.4, 0.5) is 0 Å². The van der Waals surface area contributed by atoms with Crippen molar-refractivity contribution in [3.63, 3.8) is 0 Å². The topological polar surface area (TPSA) is 47.7 Å². The van der Waals surface area contributed by atoms with Crippen molar-refractivity contribution < 1.29 is 9.47 Å². The number of allylic oxidation sites excluding steroid dienone is 1. The Morgan fingerprint density at radius 3 is 2.47 bits per heavy atom. The molecule has 1 heterocycles. The van der Waals surface area contributed by atoms with E-state index in [2.05, 4.69) is 25.7 Å². The van der Waals surface area contributed by atoms with E-state index in [-0.39, 0.29) is 5.60 Å². The molecule has 0 atom stereocenters. The quantitative estimate of drug-likeness (QED) is 0.770. The zero-order chi connectivity index (χ0) is 14.3. The van der Waals surface area contributed by atoms with Crippen LogP contribution in [0.3, 0.4) is 0 Å². The normalized spacial score (nSPS) is 18.5. The minimum absolute atomic E-state index is 0.0257. The number of nitrogens with two attached hydrogens (primary N) is 1. The zero-order valence-corrected chi connectivity index (χ0v) is 13.0. The minimum Gasteiger partial charge on any atom is -0.379 e. The van der Waals surface area contributed by atoms with Crippen LogP contribution in [0.15, 0.2) is 11.3 Å². The van der Waals surface area contributed by atoms with Gasteiger partial charge in [-0.15, -0.1) is 0 Å². The predicted molar refractivity (Wildman–Crippen MR) is 79.1 cm³/mol. The van der Waals surface area contributed by atoms with Crippen LogP contribution < -0.4 is 5.73 Å². The van der Waals surface area contributed by atoms with Crippen LogP contribution in [-0.2, 0) is 9.47 Å². The molecule has 4 heteroatoms. The monoisotopic (exact) mass is 270 g/mol. The summed E-state index contributed by atoms with van der Waals surface area (Å²) in [5.74, 6) is 0. The molecule has 0 unspecified atom stereocenters. The largest absolute Gasteiger partial charge is 0.379 e. The number of rotatable bonds is 7. The molecule has 1 aliphatic rings. The standard InChI is InChI=1S/C15H30N2O2/c1-13(6-5-7-15(2,3)18-4)14(12-16)17-8-10-19-11-9-17/h5-12,16H2,1-4H3/b14-13-. The average molecular weight is 270 g/mol. The first-order valence-electron chi connectivity index (χ1n) is 7.26. The van der Waals surface area contributed by atoms with Gasteiger partial charge in [-0.05, 0) is 40.0 Å². The molecular formula is C15H30N2O2. The Hall–Kier alpha value is -0.580. The van der Waals surface area contributed by atoms with Crippen molar-refractivity contribution >= 4 is 0 Å². The van der Waals surface area contributed by atoms with E-state index in [0.29, 0.717) is 6.54 Å². The number of methoxy groups -OCH3 is 1. The summed E-state index contributed by atoms with van der Waals surface area (Å²) in [6.07, 6.45) is 3.30. The molecule has 1 rings (SSSR count). The van der Waals surface area contributed by atoms with Crippen LogP contribution in [-0.4, -0.2) is 50.5 Å². The molecular weight excluding hydrogens is 240 g/mol. The van der Waals surface area contributed by atoms with Gasteiger partial charge in [0.2, 0.25) is 0 Å². The zero-order valence-electron chi connectivity index (χ0n) is 13.0. The van der Waals surface area contributed by atoms with Gasteiger partial charge in [-0.25, -0.2) is 0 Å². The summed E-state index contributed by atoms with van der Waals surface area (Å²) < 4.78 is 10.8. The van der Waals surface area contributed by atoms with Gasteiger partial charge in [0.25, 0.3) is 0 Å². The predicted octanol–water partition coefficient (Wildman–Crippen LogP) is 2.15. The van der Waals surface area contributed by atoms with Gasteiger partial charge in [0, 0.05) is 32.4 Å². The summed E-state index contributed by atoms with van der Waals surface area (Å²) in [6, 6.07) is 0. The average Bonchev–Trinajstić information content (AvgIpc) is 2.40. The Morgan fingerprint density at radius 1 is 1.32 bits per heavy atom. The second kappa shape index (κ2) is 7.88. The van der Waals surface area contributed by atoms with E-state index in [9.17, 15) is 0 Å². The molecule has 0 amide bonds. The van der Waals surface area contributed by atoms with E-state index in [0.717, 1.165) is 45.6 Å². The van der Waals surface area contributed by atoms with Crippen molar-refractivity contribution in [2.75, 3.05) is 40.0 Å². The van der Waals surface area contributed by atoms with Gasteiger partial charge in [-0.2, -0.15) is 0 Å². The lowest BCUT2D eigenvalue weighted by molar-refractivity contribution is 0.0139.